The fourth-order valence-electron chi connectivity index (χ4n) is 2.90. The first-order valence-electron chi connectivity index (χ1n) is 8.40. The van der Waals surface area contributed by atoms with Crippen molar-refractivity contribution in [1.29, 1.82) is 0 Å². The van der Waals surface area contributed by atoms with E-state index in [1.165, 1.54) is 26.3 Å². The Kier molecular flexibility index (Phi) is 4.57. The number of aromatic nitrogens is 1. The summed E-state index contributed by atoms with van der Waals surface area (Å²) in [5.74, 6) is -0.298. The summed E-state index contributed by atoms with van der Waals surface area (Å²) in [7, 11) is 0. The monoisotopic (exact) mass is 379 g/mol. The maximum Gasteiger partial charge on any atom is 0.350 e. The highest BCUT2D eigenvalue weighted by Gasteiger charge is 2.19. The van der Waals surface area contributed by atoms with Gasteiger partial charge < -0.3 is 4.74 Å². The number of nitrogens with zero attached hydrogens (tertiary/aromatic N) is 1. The number of esters is 1. The van der Waals surface area contributed by atoms with E-state index in [2.05, 4.69) is 47.4 Å². The lowest BCUT2D eigenvalue weighted by atomic mass is 10.1. The van der Waals surface area contributed by atoms with Gasteiger partial charge in [0.1, 0.15) is 9.88 Å². The zero-order valence-corrected chi connectivity index (χ0v) is 16.1. The molecule has 0 saturated heterocycles. The van der Waals surface area contributed by atoms with Gasteiger partial charge in [0.15, 0.2) is 0 Å². The Bertz CT molecular complexity index is 1060. The van der Waals surface area contributed by atoms with Crippen molar-refractivity contribution in [3.05, 3.63) is 65.2 Å². The van der Waals surface area contributed by atoms with Gasteiger partial charge in [-0.25, -0.2) is 9.78 Å². The van der Waals surface area contributed by atoms with Crippen LogP contribution in [0.3, 0.4) is 0 Å². The summed E-state index contributed by atoms with van der Waals surface area (Å²) in [6.45, 7) is 4.03. The Morgan fingerprint density at radius 1 is 1.04 bits per heavy atom. The zero-order chi connectivity index (χ0) is 18.1. The molecule has 0 amide bonds. The number of ether oxygens (including phenoxy) is 1. The minimum absolute atomic E-state index is 0.298. The first-order chi connectivity index (χ1) is 12.7. The number of hydrogen-bond donors (Lipinski definition) is 0. The number of hydrogen-bond acceptors (Lipinski definition) is 5. The van der Waals surface area contributed by atoms with Gasteiger partial charge in [0, 0.05) is 20.7 Å². The second-order valence-electron chi connectivity index (χ2n) is 5.85. The fraction of sp³-hybridized carbons (Fsp3) is 0.143. The molecular formula is C21H17NO2S2. The largest absolute Gasteiger partial charge is 0.462 e. The summed E-state index contributed by atoms with van der Waals surface area (Å²) in [6.07, 6.45) is 0. The number of thiophene rings is 1. The van der Waals surface area contributed by atoms with Crippen LogP contribution in [-0.4, -0.2) is 17.6 Å². The van der Waals surface area contributed by atoms with Gasteiger partial charge in [0.2, 0.25) is 0 Å². The molecule has 0 aliphatic carbocycles. The molecule has 0 bridgehead atoms. The number of benzene rings is 2. The van der Waals surface area contributed by atoms with Crippen LogP contribution in [0.5, 0.6) is 0 Å². The number of aryl methyl sites for hydroxylation is 1. The van der Waals surface area contributed by atoms with Crippen molar-refractivity contribution in [3.63, 3.8) is 0 Å². The molecule has 2 aromatic heterocycles. The number of fused-ring (bicyclic) bond motifs is 1. The normalized spacial score (nSPS) is 11.0. The van der Waals surface area contributed by atoms with E-state index in [1.54, 1.807) is 11.3 Å². The van der Waals surface area contributed by atoms with Crippen LogP contribution in [0.25, 0.3) is 31.1 Å². The van der Waals surface area contributed by atoms with Crippen LogP contribution in [0, 0.1) is 6.92 Å². The molecule has 0 aliphatic rings. The number of thiazole rings is 1. The molecule has 0 fully saturated rings. The van der Waals surface area contributed by atoms with E-state index in [9.17, 15) is 4.79 Å². The van der Waals surface area contributed by atoms with Gasteiger partial charge >= 0.3 is 5.97 Å². The molecule has 130 valence electrons. The Morgan fingerprint density at radius 3 is 2.54 bits per heavy atom. The van der Waals surface area contributed by atoms with Gasteiger partial charge in [-0.05, 0) is 31.4 Å². The van der Waals surface area contributed by atoms with E-state index in [0.29, 0.717) is 11.5 Å². The van der Waals surface area contributed by atoms with E-state index < -0.39 is 0 Å². The van der Waals surface area contributed by atoms with Crippen molar-refractivity contribution in [1.82, 2.24) is 4.98 Å². The van der Waals surface area contributed by atoms with Crippen molar-refractivity contribution in [3.8, 4) is 21.0 Å². The lowest BCUT2D eigenvalue weighted by molar-refractivity contribution is 0.0531. The first-order valence-corrected chi connectivity index (χ1v) is 10.0. The summed E-state index contributed by atoms with van der Waals surface area (Å²) in [5.41, 5.74) is 2.90. The molecule has 2 aromatic carbocycles. The average Bonchev–Trinajstić information content (AvgIpc) is 3.25. The van der Waals surface area contributed by atoms with Crippen molar-refractivity contribution in [2.45, 2.75) is 13.8 Å². The fourth-order valence-corrected chi connectivity index (χ4v) is 5.00. The van der Waals surface area contributed by atoms with Crippen LogP contribution in [0.1, 0.15) is 22.3 Å². The molecule has 0 radical (unpaired) electrons. The minimum Gasteiger partial charge on any atom is -0.462 e. The molecular weight excluding hydrogens is 362 g/mol. The smallest absolute Gasteiger partial charge is 0.350 e. The molecule has 0 unspecified atom stereocenters. The summed E-state index contributed by atoms with van der Waals surface area (Å²) < 4.78 is 6.41. The molecule has 0 spiro atoms. The van der Waals surface area contributed by atoms with Gasteiger partial charge in [-0.1, -0.05) is 42.5 Å². The highest BCUT2D eigenvalue weighted by molar-refractivity contribution is 7.22. The first kappa shape index (κ1) is 16.9. The second kappa shape index (κ2) is 7.02. The molecule has 26 heavy (non-hydrogen) atoms. The number of carbonyl (C=O) groups is 1. The van der Waals surface area contributed by atoms with Crippen molar-refractivity contribution < 1.29 is 9.53 Å². The van der Waals surface area contributed by atoms with E-state index in [0.717, 1.165) is 21.8 Å². The maximum atomic E-state index is 12.1. The van der Waals surface area contributed by atoms with E-state index in [-0.39, 0.29) is 5.97 Å². The Labute approximate surface area is 159 Å². The summed E-state index contributed by atoms with van der Waals surface area (Å²) in [4.78, 5) is 18.6. The lowest BCUT2D eigenvalue weighted by Gasteiger charge is -2.04. The third-order valence-corrected chi connectivity index (χ3v) is 6.43. The minimum atomic E-state index is -0.298. The predicted molar refractivity (Wildman–Crippen MR) is 109 cm³/mol. The SMILES string of the molecule is CCOC(=O)c1sc(-c2ccccc2-c2cc3ccccc3s2)nc1C. The average molecular weight is 380 g/mol. The molecule has 4 rings (SSSR count). The number of rotatable bonds is 4. The predicted octanol–water partition coefficient (Wildman–Crippen LogP) is 6.18. The Hall–Kier alpha value is -2.50. The molecule has 2 heterocycles. The second-order valence-corrected chi connectivity index (χ2v) is 7.93. The van der Waals surface area contributed by atoms with Crippen LogP contribution in [0.4, 0.5) is 0 Å². The van der Waals surface area contributed by atoms with E-state index in [4.69, 9.17) is 4.74 Å². The quantitative estimate of drug-likeness (QED) is 0.398. The van der Waals surface area contributed by atoms with Crippen LogP contribution >= 0.6 is 22.7 Å². The zero-order valence-electron chi connectivity index (χ0n) is 14.5. The Morgan fingerprint density at radius 2 is 1.77 bits per heavy atom. The van der Waals surface area contributed by atoms with Gasteiger partial charge in [-0.3, -0.25) is 0 Å². The summed E-state index contributed by atoms with van der Waals surface area (Å²) >= 11 is 3.17. The summed E-state index contributed by atoms with van der Waals surface area (Å²) in [5, 5.41) is 2.09. The number of carbonyl (C=O) groups excluding carboxylic acids is 1. The lowest BCUT2D eigenvalue weighted by Crippen LogP contribution is -2.03. The van der Waals surface area contributed by atoms with Crippen molar-refractivity contribution >= 4 is 38.7 Å². The molecule has 0 atom stereocenters. The van der Waals surface area contributed by atoms with Gasteiger partial charge in [-0.15, -0.1) is 22.7 Å². The van der Waals surface area contributed by atoms with Gasteiger partial charge in [0.05, 0.1) is 12.3 Å². The van der Waals surface area contributed by atoms with Crippen molar-refractivity contribution in [2.24, 2.45) is 0 Å². The highest BCUT2D eigenvalue weighted by atomic mass is 32.1. The van der Waals surface area contributed by atoms with Gasteiger partial charge in [0.25, 0.3) is 0 Å². The van der Waals surface area contributed by atoms with Crippen molar-refractivity contribution in [2.75, 3.05) is 6.61 Å². The molecule has 5 heteroatoms. The third-order valence-electron chi connectivity index (χ3n) is 4.11. The topological polar surface area (TPSA) is 39.2 Å². The maximum absolute atomic E-state index is 12.1. The highest BCUT2D eigenvalue weighted by Crippen LogP contribution is 2.40. The van der Waals surface area contributed by atoms with Crippen LogP contribution < -0.4 is 0 Å². The molecule has 0 saturated carbocycles. The Balaban J connectivity index is 1.81. The standard InChI is InChI=1S/C21H17NO2S2/c1-3-24-21(23)19-13(2)22-20(26-19)16-10-6-5-9-15(16)18-12-14-8-4-7-11-17(14)25-18/h4-12H,3H2,1-2H3. The van der Waals surface area contributed by atoms with E-state index >= 15 is 0 Å². The van der Waals surface area contributed by atoms with Crippen LogP contribution in [0.2, 0.25) is 0 Å². The molecule has 0 N–H and O–H groups in total. The van der Waals surface area contributed by atoms with Crippen LogP contribution in [0.15, 0.2) is 54.6 Å². The third kappa shape index (κ3) is 3.04. The molecule has 4 aromatic rings. The van der Waals surface area contributed by atoms with Crippen LogP contribution in [-0.2, 0) is 4.74 Å². The van der Waals surface area contributed by atoms with E-state index in [1.807, 2.05) is 26.0 Å². The summed E-state index contributed by atoms with van der Waals surface area (Å²) in [6, 6.07) is 18.8. The molecule has 0 aliphatic heterocycles. The molecule has 3 nitrogen and oxygen atoms in total. The van der Waals surface area contributed by atoms with Gasteiger partial charge in [-0.2, -0.15) is 0 Å².